The summed E-state index contributed by atoms with van der Waals surface area (Å²) in [5.41, 5.74) is 0.685. The lowest BCUT2D eigenvalue weighted by Gasteiger charge is -2.39. The van der Waals surface area contributed by atoms with Gasteiger partial charge in [0.15, 0.2) is 0 Å². The summed E-state index contributed by atoms with van der Waals surface area (Å²) >= 11 is 0. The fraction of sp³-hybridized carbons (Fsp3) is 0.733. The van der Waals surface area contributed by atoms with E-state index in [2.05, 4.69) is 29.2 Å². The van der Waals surface area contributed by atoms with E-state index in [0.717, 1.165) is 38.2 Å². The summed E-state index contributed by atoms with van der Waals surface area (Å²) in [6.07, 6.45) is 3.79. The van der Waals surface area contributed by atoms with Gasteiger partial charge >= 0.3 is 0 Å². The monoisotopic (exact) mass is 294 g/mol. The first-order valence-electron chi connectivity index (χ1n) is 7.62. The highest BCUT2D eigenvalue weighted by molar-refractivity contribution is 5.43. The normalized spacial score (nSPS) is 18.0. The Hall–Kier alpha value is -1.40. The largest absolute Gasteiger partial charge is 0.372 e. The maximum Gasteiger partial charge on any atom is 0.268 e. The Labute approximate surface area is 126 Å². The molecule has 0 amide bonds. The molecule has 0 unspecified atom stereocenters. The molecule has 0 spiro atoms. The summed E-state index contributed by atoms with van der Waals surface area (Å²) in [5, 5.41) is 7.40. The highest BCUT2D eigenvalue weighted by Crippen LogP contribution is 2.21. The first kappa shape index (κ1) is 16.0. The molecule has 2 heterocycles. The van der Waals surface area contributed by atoms with Crippen LogP contribution >= 0.6 is 0 Å². The average Bonchev–Trinajstić information content (AvgIpc) is 2.44. The van der Waals surface area contributed by atoms with Crippen LogP contribution in [0.5, 0.6) is 0 Å². The minimum Gasteiger partial charge on any atom is -0.372 e. The maximum absolute atomic E-state index is 12.1. The van der Waals surface area contributed by atoms with E-state index in [1.807, 2.05) is 7.05 Å². The fourth-order valence-electron chi connectivity index (χ4n) is 2.57. The molecule has 0 saturated carbocycles. The molecular formula is C15H26N4O2. The van der Waals surface area contributed by atoms with Gasteiger partial charge in [0, 0.05) is 25.7 Å². The van der Waals surface area contributed by atoms with Crippen LogP contribution < -0.4 is 15.8 Å². The summed E-state index contributed by atoms with van der Waals surface area (Å²) in [6.45, 7) is 8.04. The number of aromatic nitrogens is 2. The van der Waals surface area contributed by atoms with Gasteiger partial charge in [-0.1, -0.05) is 0 Å². The predicted molar refractivity (Wildman–Crippen MR) is 83.9 cm³/mol. The van der Waals surface area contributed by atoms with Gasteiger partial charge in [-0.25, -0.2) is 4.68 Å². The fourth-order valence-corrected chi connectivity index (χ4v) is 2.57. The third kappa shape index (κ3) is 4.54. The van der Waals surface area contributed by atoms with Crippen LogP contribution in [0, 0.1) is 0 Å². The summed E-state index contributed by atoms with van der Waals surface area (Å²) in [5.74, 6) is 0. The lowest BCUT2D eigenvalue weighted by atomic mass is 10.1. The van der Waals surface area contributed by atoms with Crippen molar-refractivity contribution in [1.29, 1.82) is 0 Å². The standard InChI is InChI=1S/C15H26N4O2/c1-15(2)12-18(8-9-21-15)13-10-14(20)19(17-11-13)7-5-4-6-16-3/h10-11,16H,4-9,12H2,1-3H3. The Morgan fingerprint density at radius 1 is 1.43 bits per heavy atom. The molecule has 21 heavy (non-hydrogen) atoms. The quantitative estimate of drug-likeness (QED) is 0.789. The van der Waals surface area contributed by atoms with Crippen LogP contribution in [0.3, 0.4) is 0 Å². The second kappa shape index (κ2) is 7.04. The zero-order chi connectivity index (χ0) is 15.3. The predicted octanol–water partition coefficient (Wildman–Crippen LogP) is 0.858. The van der Waals surface area contributed by atoms with Crippen molar-refractivity contribution in [1.82, 2.24) is 15.1 Å². The van der Waals surface area contributed by atoms with E-state index >= 15 is 0 Å². The molecule has 1 fully saturated rings. The number of hydrogen-bond acceptors (Lipinski definition) is 5. The van der Waals surface area contributed by atoms with Crippen molar-refractivity contribution < 1.29 is 4.74 Å². The maximum atomic E-state index is 12.1. The molecular weight excluding hydrogens is 268 g/mol. The number of unbranched alkanes of at least 4 members (excludes halogenated alkanes) is 1. The van der Waals surface area contributed by atoms with Gasteiger partial charge in [0.2, 0.25) is 0 Å². The molecule has 0 bridgehead atoms. The van der Waals surface area contributed by atoms with Crippen LogP contribution in [0.2, 0.25) is 0 Å². The summed E-state index contributed by atoms with van der Waals surface area (Å²) < 4.78 is 7.24. The molecule has 1 saturated heterocycles. The van der Waals surface area contributed by atoms with Gasteiger partial charge in [0.05, 0.1) is 24.1 Å². The van der Waals surface area contributed by atoms with E-state index in [4.69, 9.17) is 4.74 Å². The van der Waals surface area contributed by atoms with Crippen molar-refractivity contribution >= 4 is 5.69 Å². The van der Waals surface area contributed by atoms with E-state index < -0.39 is 0 Å². The highest BCUT2D eigenvalue weighted by atomic mass is 16.5. The number of nitrogens with zero attached hydrogens (tertiary/aromatic N) is 3. The Morgan fingerprint density at radius 3 is 2.90 bits per heavy atom. The third-order valence-corrected chi connectivity index (χ3v) is 3.69. The molecule has 1 aromatic rings. The van der Waals surface area contributed by atoms with E-state index in [1.54, 1.807) is 16.9 Å². The molecule has 1 aromatic heterocycles. The molecule has 0 atom stereocenters. The topological polar surface area (TPSA) is 59.4 Å². The van der Waals surface area contributed by atoms with Gasteiger partial charge in [-0.3, -0.25) is 4.79 Å². The van der Waals surface area contributed by atoms with Crippen LogP contribution in [-0.4, -0.2) is 48.7 Å². The average molecular weight is 294 g/mol. The zero-order valence-electron chi connectivity index (χ0n) is 13.3. The van der Waals surface area contributed by atoms with Crippen LogP contribution in [0.1, 0.15) is 26.7 Å². The lowest BCUT2D eigenvalue weighted by molar-refractivity contribution is -0.0277. The number of rotatable bonds is 6. The molecule has 1 aliphatic rings. The molecule has 6 nitrogen and oxygen atoms in total. The number of nitrogens with one attached hydrogen (secondary N) is 1. The van der Waals surface area contributed by atoms with Crippen molar-refractivity contribution in [2.75, 3.05) is 38.2 Å². The third-order valence-electron chi connectivity index (χ3n) is 3.69. The van der Waals surface area contributed by atoms with Crippen molar-refractivity contribution in [2.45, 2.75) is 38.8 Å². The molecule has 0 radical (unpaired) electrons. The molecule has 0 aromatic carbocycles. The highest BCUT2D eigenvalue weighted by Gasteiger charge is 2.27. The number of ether oxygens (including phenoxy) is 1. The minimum absolute atomic E-state index is 0.0266. The van der Waals surface area contributed by atoms with E-state index in [1.165, 1.54) is 0 Å². The molecule has 2 rings (SSSR count). The van der Waals surface area contributed by atoms with Crippen molar-refractivity contribution in [2.24, 2.45) is 0 Å². The second-order valence-corrected chi connectivity index (χ2v) is 6.12. The number of anilines is 1. The van der Waals surface area contributed by atoms with Crippen molar-refractivity contribution in [3.05, 3.63) is 22.6 Å². The SMILES string of the molecule is CNCCCCn1ncc(N2CCOC(C)(C)C2)cc1=O. The van der Waals surface area contributed by atoms with Gasteiger partial charge < -0.3 is 15.0 Å². The van der Waals surface area contributed by atoms with E-state index in [0.29, 0.717) is 13.2 Å². The van der Waals surface area contributed by atoms with Gasteiger partial charge in [-0.15, -0.1) is 0 Å². The van der Waals surface area contributed by atoms with Crippen molar-refractivity contribution in [3.63, 3.8) is 0 Å². The number of hydrogen-bond donors (Lipinski definition) is 1. The van der Waals surface area contributed by atoms with Crippen LogP contribution in [0.4, 0.5) is 5.69 Å². The second-order valence-electron chi connectivity index (χ2n) is 6.12. The Morgan fingerprint density at radius 2 is 2.24 bits per heavy atom. The van der Waals surface area contributed by atoms with Gasteiger partial charge in [-0.2, -0.15) is 5.10 Å². The Kier molecular flexibility index (Phi) is 5.36. The molecule has 1 aliphatic heterocycles. The first-order valence-corrected chi connectivity index (χ1v) is 7.62. The minimum atomic E-state index is -0.180. The molecule has 6 heteroatoms. The van der Waals surface area contributed by atoms with Crippen molar-refractivity contribution in [3.8, 4) is 0 Å². The molecule has 118 valence electrons. The van der Waals surface area contributed by atoms with Gasteiger partial charge in [0.25, 0.3) is 5.56 Å². The smallest absolute Gasteiger partial charge is 0.268 e. The van der Waals surface area contributed by atoms with E-state index in [-0.39, 0.29) is 11.2 Å². The lowest BCUT2D eigenvalue weighted by Crippen LogP contribution is -2.48. The summed E-state index contributed by atoms with van der Waals surface area (Å²) in [4.78, 5) is 14.3. The van der Waals surface area contributed by atoms with Gasteiger partial charge in [0.1, 0.15) is 0 Å². The molecule has 1 N–H and O–H groups in total. The zero-order valence-corrected chi connectivity index (χ0v) is 13.3. The van der Waals surface area contributed by atoms with E-state index in [9.17, 15) is 4.79 Å². The molecule has 0 aliphatic carbocycles. The Bertz CT molecular complexity index is 513. The van der Waals surface area contributed by atoms with Crippen LogP contribution in [-0.2, 0) is 11.3 Å². The number of morpholine rings is 1. The van der Waals surface area contributed by atoms with Gasteiger partial charge in [-0.05, 0) is 40.3 Å². The Balaban J connectivity index is 2.00. The van der Waals surface area contributed by atoms with Crippen LogP contribution in [0.15, 0.2) is 17.1 Å². The first-order chi connectivity index (χ1) is 10.0. The summed E-state index contributed by atoms with van der Waals surface area (Å²) in [6, 6.07) is 1.69. The van der Waals surface area contributed by atoms with Crippen LogP contribution in [0.25, 0.3) is 0 Å². The number of aryl methyl sites for hydroxylation is 1. The summed E-state index contributed by atoms with van der Waals surface area (Å²) in [7, 11) is 1.93.